The minimum Gasteiger partial charge on any atom is -0.322 e. The quantitative estimate of drug-likeness (QED) is 0.846. The van der Waals surface area contributed by atoms with Crippen LogP contribution in [0.4, 0.5) is 5.69 Å². The van der Waals surface area contributed by atoms with E-state index in [-0.39, 0.29) is 5.91 Å². The summed E-state index contributed by atoms with van der Waals surface area (Å²) >= 11 is 7.24. The summed E-state index contributed by atoms with van der Waals surface area (Å²) in [7, 11) is 0. The van der Waals surface area contributed by atoms with Crippen LogP contribution < -0.4 is 5.32 Å². The molecule has 6 heteroatoms. The topological polar surface area (TPSA) is 42.0 Å². The summed E-state index contributed by atoms with van der Waals surface area (Å²) in [5.41, 5.74) is 2.62. The van der Waals surface area contributed by atoms with Crippen molar-refractivity contribution >= 4 is 51.0 Å². The van der Waals surface area contributed by atoms with Crippen LogP contribution in [0.2, 0.25) is 0 Å². The molecule has 1 aliphatic heterocycles. The third kappa shape index (κ3) is 3.81. The summed E-state index contributed by atoms with van der Waals surface area (Å²) < 4.78 is 1.28. The molecule has 1 N–H and O–H groups in total. The Labute approximate surface area is 140 Å². The first-order valence-electron chi connectivity index (χ1n) is 6.47. The summed E-state index contributed by atoms with van der Waals surface area (Å²) in [4.78, 5) is 16.2. The smallest absolute Gasteiger partial charge is 0.257 e. The average molecular weight is 381 g/mol. The summed E-state index contributed by atoms with van der Waals surface area (Å²) in [6, 6.07) is 9.83. The lowest BCUT2D eigenvalue weighted by Crippen LogP contribution is -2.12. The lowest BCUT2D eigenvalue weighted by atomic mass is 10.2. The van der Waals surface area contributed by atoms with Crippen LogP contribution in [0.25, 0.3) is 0 Å². The Morgan fingerprint density at radius 2 is 2.05 bits per heavy atom. The molecule has 108 valence electrons. The molecule has 1 aromatic heterocycles. The molecule has 2 heterocycles. The van der Waals surface area contributed by atoms with Gasteiger partial charge < -0.3 is 5.32 Å². The molecule has 1 saturated heterocycles. The van der Waals surface area contributed by atoms with E-state index < -0.39 is 0 Å². The molecule has 0 spiro atoms. The number of anilines is 1. The Morgan fingerprint density at radius 3 is 2.81 bits per heavy atom. The van der Waals surface area contributed by atoms with Gasteiger partial charge in [0, 0.05) is 34.1 Å². The van der Waals surface area contributed by atoms with Crippen LogP contribution in [0.15, 0.2) is 47.2 Å². The Morgan fingerprint density at radius 1 is 1.24 bits per heavy atom. The Bertz CT molecular complexity index is 660. The van der Waals surface area contributed by atoms with Crippen molar-refractivity contribution in [1.82, 2.24) is 4.98 Å². The largest absolute Gasteiger partial charge is 0.322 e. The maximum Gasteiger partial charge on any atom is 0.257 e. The monoisotopic (exact) mass is 380 g/mol. The molecular formula is C15H13BrN2OS2. The summed E-state index contributed by atoms with van der Waals surface area (Å²) in [6.07, 6.45) is 3.22. The van der Waals surface area contributed by atoms with Crippen molar-refractivity contribution in [3.05, 3.63) is 58.3 Å². The second kappa shape index (κ2) is 6.85. The SMILES string of the molecule is O=C(Nc1cccc(C2SCCS2)c1)c1cncc(Br)c1. The van der Waals surface area contributed by atoms with E-state index in [1.54, 1.807) is 18.5 Å². The summed E-state index contributed by atoms with van der Waals surface area (Å²) in [5.74, 6) is 2.23. The van der Waals surface area contributed by atoms with Crippen LogP contribution in [0.5, 0.6) is 0 Å². The molecule has 0 atom stereocenters. The number of aromatic nitrogens is 1. The Hall–Kier alpha value is -0.980. The van der Waals surface area contributed by atoms with E-state index >= 15 is 0 Å². The van der Waals surface area contributed by atoms with Crippen molar-refractivity contribution < 1.29 is 4.79 Å². The maximum atomic E-state index is 12.2. The third-order valence-corrected chi connectivity index (χ3v) is 6.54. The van der Waals surface area contributed by atoms with Crippen LogP contribution in [0.3, 0.4) is 0 Å². The molecule has 1 aliphatic rings. The van der Waals surface area contributed by atoms with E-state index in [2.05, 4.69) is 38.4 Å². The number of carbonyl (C=O) groups excluding carboxylic acids is 1. The molecule has 3 nitrogen and oxygen atoms in total. The average Bonchev–Trinajstić information content (AvgIpc) is 3.02. The highest BCUT2D eigenvalue weighted by atomic mass is 79.9. The van der Waals surface area contributed by atoms with E-state index in [0.29, 0.717) is 10.1 Å². The van der Waals surface area contributed by atoms with Crippen molar-refractivity contribution in [2.24, 2.45) is 0 Å². The second-order valence-electron chi connectivity index (χ2n) is 4.54. The van der Waals surface area contributed by atoms with Crippen molar-refractivity contribution in [3.63, 3.8) is 0 Å². The predicted octanol–water partition coefficient (Wildman–Crippen LogP) is 4.58. The lowest BCUT2D eigenvalue weighted by molar-refractivity contribution is 0.102. The zero-order chi connectivity index (χ0) is 14.7. The number of carbonyl (C=O) groups is 1. The molecule has 1 aromatic carbocycles. The Kier molecular flexibility index (Phi) is 4.87. The molecule has 1 fully saturated rings. The molecule has 0 aliphatic carbocycles. The molecule has 3 rings (SSSR count). The number of nitrogens with one attached hydrogen (secondary N) is 1. The molecule has 2 aromatic rings. The van der Waals surface area contributed by atoms with E-state index in [1.165, 1.54) is 17.1 Å². The number of thioether (sulfide) groups is 2. The standard InChI is InChI=1S/C15H13BrN2OS2/c16-12-6-11(8-17-9-12)14(19)18-13-3-1-2-10(7-13)15-20-4-5-21-15/h1-3,6-9,15H,4-5H2,(H,18,19). The van der Waals surface area contributed by atoms with E-state index in [9.17, 15) is 4.79 Å². The number of nitrogens with zero attached hydrogens (tertiary/aromatic N) is 1. The first kappa shape index (κ1) is 14.9. The first-order chi connectivity index (χ1) is 10.2. The Balaban J connectivity index is 1.75. The van der Waals surface area contributed by atoms with Gasteiger partial charge in [0.25, 0.3) is 5.91 Å². The van der Waals surface area contributed by atoms with Gasteiger partial charge in [-0.1, -0.05) is 12.1 Å². The molecule has 0 radical (unpaired) electrons. The molecule has 0 saturated carbocycles. The lowest BCUT2D eigenvalue weighted by Gasteiger charge is -2.11. The van der Waals surface area contributed by atoms with E-state index in [1.807, 2.05) is 35.7 Å². The van der Waals surface area contributed by atoms with Gasteiger partial charge in [0.1, 0.15) is 0 Å². The van der Waals surface area contributed by atoms with Gasteiger partial charge in [0.2, 0.25) is 0 Å². The number of hydrogen-bond donors (Lipinski definition) is 1. The van der Waals surface area contributed by atoms with Crippen molar-refractivity contribution in [3.8, 4) is 0 Å². The van der Waals surface area contributed by atoms with Gasteiger partial charge in [0.15, 0.2) is 0 Å². The molecule has 21 heavy (non-hydrogen) atoms. The highest BCUT2D eigenvalue weighted by Crippen LogP contribution is 2.45. The van der Waals surface area contributed by atoms with Gasteiger partial charge in [-0.3, -0.25) is 9.78 Å². The van der Waals surface area contributed by atoms with E-state index in [0.717, 1.165) is 10.2 Å². The minimum atomic E-state index is -0.146. The van der Waals surface area contributed by atoms with Gasteiger partial charge in [0.05, 0.1) is 10.1 Å². The maximum absolute atomic E-state index is 12.2. The number of rotatable bonds is 3. The fourth-order valence-corrected chi connectivity index (χ4v) is 5.26. The summed E-state index contributed by atoms with van der Waals surface area (Å²) in [6.45, 7) is 0. The minimum absolute atomic E-state index is 0.146. The van der Waals surface area contributed by atoms with Crippen molar-refractivity contribution in [1.29, 1.82) is 0 Å². The molecular weight excluding hydrogens is 368 g/mol. The third-order valence-electron chi connectivity index (χ3n) is 3.01. The predicted molar refractivity (Wildman–Crippen MR) is 94.0 cm³/mol. The fraction of sp³-hybridized carbons (Fsp3) is 0.200. The second-order valence-corrected chi connectivity index (χ2v) is 8.18. The number of halogens is 1. The zero-order valence-corrected chi connectivity index (χ0v) is 14.3. The first-order valence-corrected chi connectivity index (χ1v) is 9.36. The number of benzene rings is 1. The van der Waals surface area contributed by atoms with Gasteiger partial charge in [-0.05, 0) is 39.7 Å². The molecule has 0 unspecified atom stereocenters. The number of hydrogen-bond acceptors (Lipinski definition) is 4. The van der Waals surface area contributed by atoms with Crippen molar-refractivity contribution in [2.75, 3.05) is 16.8 Å². The number of pyridine rings is 1. The van der Waals surface area contributed by atoms with Gasteiger partial charge in [-0.2, -0.15) is 0 Å². The fourth-order valence-electron chi connectivity index (χ4n) is 2.05. The van der Waals surface area contributed by atoms with Crippen LogP contribution in [0, 0.1) is 0 Å². The van der Waals surface area contributed by atoms with Crippen LogP contribution in [-0.2, 0) is 0 Å². The van der Waals surface area contributed by atoms with Crippen LogP contribution >= 0.6 is 39.5 Å². The highest BCUT2D eigenvalue weighted by molar-refractivity contribution is 9.10. The zero-order valence-electron chi connectivity index (χ0n) is 11.1. The highest BCUT2D eigenvalue weighted by Gasteiger charge is 2.18. The normalized spacial score (nSPS) is 15.1. The van der Waals surface area contributed by atoms with Crippen molar-refractivity contribution in [2.45, 2.75) is 4.58 Å². The van der Waals surface area contributed by atoms with Gasteiger partial charge in [-0.25, -0.2) is 0 Å². The molecule has 1 amide bonds. The number of amides is 1. The van der Waals surface area contributed by atoms with Crippen LogP contribution in [-0.4, -0.2) is 22.4 Å². The van der Waals surface area contributed by atoms with Gasteiger partial charge >= 0.3 is 0 Å². The van der Waals surface area contributed by atoms with E-state index in [4.69, 9.17) is 0 Å². The van der Waals surface area contributed by atoms with Crippen LogP contribution in [0.1, 0.15) is 20.5 Å². The summed E-state index contributed by atoms with van der Waals surface area (Å²) in [5, 5.41) is 2.93. The van der Waals surface area contributed by atoms with Gasteiger partial charge in [-0.15, -0.1) is 23.5 Å². The molecule has 0 bridgehead atoms.